The standard InChI is InChI=1S/C26H26ClN5/c27-21-13-9-19(10-14-21)17-30-22-15-11-20(12-16-22)24-23(31-26(29)32-25(24)28)8-4-7-18-5-2-1-3-6-18/h1-3,5-6,9-16,30H,4,7-8,17H2,(H4,28,29,31,32). The van der Waals surface area contributed by atoms with Gasteiger partial charge in [-0.05, 0) is 60.2 Å². The summed E-state index contributed by atoms with van der Waals surface area (Å²) in [6.45, 7) is 0.717. The lowest BCUT2D eigenvalue weighted by molar-refractivity contribution is 0.799. The van der Waals surface area contributed by atoms with Crippen LogP contribution in [0.5, 0.6) is 0 Å². The van der Waals surface area contributed by atoms with Gasteiger partial charge in [-0.15, -0.1) is 0 Å². The predicted molar refractivity (Wildman–Crippen MR) is 134 cm³/mol. The largest absolute Gasteiger partial charge is 0.383 e. The Hall–Kier alpha value is -3.57. The van der Waals surface area contributed by atoms with E-state index in [-0.39, 0.29) is 5.95 Å². The van der Waals surface area contributed by atoms with Gasteiger partial charge in [0.1, 0.15) is 5.82 Å². The smallest absolute Gasteiger partial charge is 0.222 e. The lowest BCUT2D eigenvalue weighted by atomic mass is 9.99. The molecule has 0 fully saturated rings. The SMILES string of the molecule is Nc1nc(N)c(-c2ccc(NCc3ccc(Cl)cc3)cc2)c(CCCc2ccccc2)n1. The molecule has 5 nitrogen and oxygen atoms in total. The maximum atomic E-state index is 6.26. The molecule has 0 aliphatic carbocycles. The highest BCUT2D eigenvalue weighted by atomic mass is 35.5. The second-order valence-corrected chi connectivity index (χ2v) is 8.12. The number of aryl methyl sites for hydroxylation is 2. The van der Waals surface area contributed by atoms with E-state index in [1.807, 2.05) is 54.6 Å². The number of nitrogen functional groups attached to an aromatic ring is 2. The minimum absolute atomic E-state index is 0.210. The Morgan fingerprint density at radius 2 is 1.47 bits per heavy atom. The number of hydrogen-bond acceptors (Lipinski definition) is 5. The number of nitrogens with two attached hydrogens (primary N) is 2. The maximum absolute atomic E-state index is 6.26. The molecule has 0 atom stereocenters. The molecule has 1 aromatic heterocycles. The molecule has 32 heavy (non-hydrogen) atoms. The molecular weight excluding hydrogens is 418 g/mol. The zero-order valence-electron chi connectivity index (χ0n) is 17.8. The van der Waals surface area contributed by atoms with Gasteiger partial charge in [-0.2, -0.15) is 4.98 Å². The Morgan fingerprint density at radius 1 is 0.750 bits per heavy atom. The van der Waals surface area contributed by atoms with Gasteiger partial charge in [0.15, 0.2) is 0 Å². The van der Waals surface area contributed by atoms with Crippen LogP contribution in [0, 0.1) is 0 Å². The average molecular weight is 444 g/mol. The van der Waals surface area contributed by atoms with Gasteiger partial charge in [-0.1, -0.05) is 66.2 Å². The Kier molecular flexibility index (Phi) is 6.87. The van der Waals surface area contributed by atoms with E-state index in [1.165, 1.54) is 5.56 Å². The molecule has 0 amide bonds. The molecule has 0 unspecified atom stereocenters. The molecule has 0 saturated carbocycles. The van der Waals surface area contributed by atoms with Crippen molar-refractivity contribution in [2.24, 2.45) is 0 Å². The van der Waals surface area contributed by atoms with Crippen LogP contribution in [0.3, 0.4) is 0 Å². The van der Waals surface area contributed by atoms with Crippen LogP contribution in [0.2, 0.25) is 5.02 Å². The highest BCUT2D eigenvalue weighted by Gasteiger charge is 2.14. The first kappa shape index (κ1) is 21.7. The molecule has 0 saturated heterocycles. The molecule has 3 aromatic carbocycles. The number of rotatable bonds is 8. The zero-order valence-corrected chi connectivity index (χ0v) is 18.5. The third-order valence-corrected chi connectivity index (χ3v) is 5.59. The van der Waals surface area contributed by atoms with E-state index >= 15 is 0 Å². The first-order valence-corrected chi connectivity index (χ1v) is 11.0. The lowest BCUT2D eigenvalue weighted by Gasteiger charge is -2.13. The number of benzene rings is 3. The van der Waals surface area contributed by atoms with Gasteiger partial charge in [0.25, 0.3) is 0 Å². The monoisotopic (exact) mass is 443 g/mol. The summed E-state index contributed by atoms with van der Waals surface area (Å²) in [6.07, 6.45) is 2.70. The van der Waals surface area contributed by atoms with Crippen LogP contribution < -0.4 is 16.8 Å². The molecule has 0 radical (unpaired) electrons. The lowest BCUT2D eigenvalue weighted by Crippen LogP contribution is -2.07. The molecule has 0 aliphatic rings. The van der Waals surface area contributed by atoms with Crippen molar-refractivity contribution in [2.75, 3.05) is 16.8 Å². The van der Waals surface area contributed by atoms with Gasteiger partial charge in [0.2, 0.25) is 5.95 Å². The van der Waals surface area contributed by atoms with Crippen molar-refractivity contribution in [3.05, 3.63) is 101 Å². The van der Waals surface area contributed by atoms with Gasteiger partial charge in [0, 0.05) is 22.8 Å². The van der Waals surface area contributed by atoms with Crippen LogP contribution in [0.1, 0.15) is 23.2 Å². The highest BCUT2D eigenvalue weighted by molar-refractivity contribution is 6.30. The van der Waals surface area contributed by atoms with E-state index in [1.54, 1.807) is 0 Å². The van der Waals surface area contributed by atoms with Gasteiger partial charge in [-0.25, -0.2) is 4.98 Å². The fourth-order valence-electron chi connectivity index (χ4n) is 3.71. The summed E-state index contributed by atoms with van der Waals surface area (Å²) in [7, 11) is 0. The number of halogens is 1. The summed E-state index contributed by atoms with van der Waals surface area (Å²) in [4.78, 5) is 8.71. The molecular formula is C26H26ClN5. The Labute approximate surface area is 193 Å². The van der Waals surface area contributed by atoms with Crippen LogP contribution in [0.15, 0.2) is 78.9 Å². The van der Waals surface area contributed by atoms with E-state index in [0.29, 0.717) is 12.4 Å². The van der Waals surface area contributed by atoms with E-state index in [4.69, 9.17) is 23.1 Å². The highest BCUT2D eigenvalue weighted by Crippen LogP contribution is 2.30. The molecule has 0 bridgehead atoms. The molecule has 5 N–H and O–H groups in total. The van der Waals surface area contributed by atoms with Gasteiger partial charge in [0.05, 0.1) is 5.69 Å². The third kappa shape index (κ3) is 5.56. The van der Waals surface area contributed by atoms with Crippen LogP contribution in [0.25, 0.3) is 11.1 Å². The minimum atomic E-state index is 0.210. The van der Waals surface area contributed by atoms with Crippen molar-refractivity contribution < 1.29 is 0 Å². The fourth-order valence-corrected chi connectivity index (χ4v) is 3.83. The van der Waals surface area contributed by atoms with Crippen molar-refractivity contribution >= 4 is 29.1 Å². The summed E-state index contributed by atoms with van der Waals surface area (Å²) in [6, 6.07) is 26.4. The first-order chi connectivity index (χ1) is 15.6. The van der Waals surface area contributed by atoms with Crippen molar-refractivity contribution in [1.82, 2.24) is 9.97 Å². The van der Waals surface area contributed by atoms with Gasteiger partial charge in [-0.3, -0.25) is 0 Å². The first-order valence-electron chi connectivity index (χ1n) is 10.6. The van der Waals surface area contributed by atoms with E-state index in [0.717, 1.165) is 52.4 Å². The summed E-state index contributed by atoms with van der Waals surface area (Å²) < 4.78 is 0. The number of aromatic nitrogens is 2. The van der Waals surface area contributed by atoms with Crippen LogP contribution in [-0.4, -0.2) is 9.97 Å². The third-order valence-electron chi connectivity index (χ3n) is 5.33. The zero-order chi connectivity index (χ0) is 22.3. The number of nitrogens with zero attached hydrogens (tertiary/aromatic N) is 2. The number of nitrogens with one attached hydrogen (secondary N) is 1. The fraction of sp³-hybridized carbons (Fsp3) is 0.154. The summed E-state index contributed by atoms with van der Waals surface area (Å²) in [5.41, 5.74) is 18.4. The number of anilines is 3. The molecule has 1 heterocycles. The molecule has 162 valence electrons. The summed E-state index contributed by atoms with van der Waals surface area (Å²) >= 11 is 5.95. The maximum Gasteiger partial charge on any atom is 0.222 e. The summed E-state index contributed by atoms with van der Waals surface area (Å²) in [5.74, 6) is 0.622. The van der Waals surface area contributed by atoms with Crippen LogP contribution >= 0.6 is 11.6 Å². The van der Waals surface area contributed by atoms with Gasteiger partial charge < -0.3 is 16.8 Å². The van der Waals surface area contributed by atoms with Crippen molar-refractivity contribution in [3.63, 3.8) is 0 Å². The molecule has 4 rings (SSSR count). The van der Waals surface area contributed by atoms with Crippen molar-refractivity contribution in [3.8, 4) is 11.1 Å². The minimum Gasteiger partial charge on any atom is -0.383 e. The Bertz CT molecular complexity index is 1160. The molecule has 0 aliphatic heterocycles. The predicted octanol–water partition coefficient (Wildman–Crippen LogP) is 5.75. The van der Waals surface area contributed by atoms with E-state index in [9.17, 15) is 0 Å². The topological polar surface area (TPSA) is 89.8 Å². The molecule has 4 aromatic rings. The quantitative estimate of drug-likeness (QED) is 0.322. The Morgan fingerprint density at radius 3 is 2.19 bits per heavy atom. The van der Waals surface area contributed by atoms with Gasteiger partial charge >= 0.3 is 0 Å². The second-order valence-electron chi connectivity index (χ2n) is 7.69. The summed E-state index contributed by atoms with van der Waals surface area (Å²) in [5, 5.41) is 4.16. The average Bonchev–Trinajstić information content (AvgIpc) is 2.80. The Balaban J connectivity index is 1.47. The normalized spacial score (nSPS) is 10.8. The van der Waals surface area contributed by atoms with Crippen molar-refractivity contribution in [1.29, 1.82) is 0 Å². The molecule has 0 spiro atoms. The van der Waals surface area contributed by atoms with Crippen LogP contribution in [-0.2, 0) is 19.4 Å². The van der Waals surface area contributed by atoms with E-state index < -0.39 is 0 Å². The second kappa shape index (κ2) is 10.2. The van der Waals surface area contributed by atoms with Crippen LogP contribution in [0.4, 0.5) is 17.5 Å². The number of hydrogen-bond donors (Lipinski definition) is 3. The molecule has 6 heteroatoms. The van der Waals surface area contributed by atoms with Crippen molar-refractivity contribution in [2.45, 2.75) is 25.8 Å². The van der Waals surface area contributed by atoms with E-state index in [2.05, 4.69) is 39.6 Å².